The van der Waals surface area contributed by atoms with Crippen molar-refractivity contribution in [3.05, 3.63) is 42.0 Å². The van der Waals surface area contributed by atoms with Gasteiger partial charge in [-0.2, -0.15) is 8.78 Å². The highest BCUT2D eigenvalue weighted by Crippen LogP contribution is 2.34. The van der Waals surface area contributed by atoms with Crippen LogP contribution in [0.5, 0.6) is 5.75 Å². The Bertz CT molecular complexity index is 768. The fourth-order valence-corrected chi connectivity index (χ4v) is 3.70. The molecule has 2 rings (SSSR count). The fourth-order valence-electron chi connectivity index (χ4n) is 3.70. The van der Waals surface area contributed by atoms with Crippen LogP contribution in [-0.2, 0) is 15.5 Å². The molecule has 1 amide bonds. The zero-order chi connectivity index (χ0) is 22.9. The lowest BCUT2D eigenvalue weighted by atomic mass is 9.97. The number of carbonyl (C=O) groups is 2. The first-order valence-corrected chi connectivity index (χ1v) is 10.7. The number of methoxy groups -OCH3 is 1. The Kier molecular flexibility index (Phi) is 9.43. The maximum Gasteiger partial charge on any atom is 0.303 e. The summed E-state index contributed by atoms with van der Waals surface area (Å²) in [6.45, 7) is 0.489. The predicted molar refractivity (Wildman–Crippen MR) is 112 cm³/mol. The first-order chi connectivity index (χ1) is 14.8. The van der Waals surface area contributed by atoms with E-state index in [0.29, 0.717) is 32.2 Å². The van der Waals surface area contributed by atoms with E-state index in [9.17, 15) is 23.5 Å². The van der Waals surface area contributed by atoms with E-state index in [4.69, 9.17) is 9.84 Å². The number of piperidine rings is 1. The minimum atomic E-state index is -3.50. The summed E-state index contributed by atoms with van der Waals surface area (Å²) >= 11 is 0. The normalized spacial score (nSPS) is 18.4. The van der Waals surface area contributed by atoms with E-state index in [2.05, 4.69) is 0 Å². The minimum Gasteiger partial charge on any atom is -0.497 e. The Morgan fingerprint density at radius 1 is 1.32 bits per heavy atom. The fraction of sp³-hybridized carbons (Fsp3) is 0.565. The summed E-state index contributed by atoms with van der Waals surface area (Å²) in [5.41, 5.74) is -0.345. The number of rotatable bonds is 12. The highest BCUT2D eigenvalue weighted by Gasteiger charge is 2.39. The van der Waals surface area contributed by atoms with Crippen LogP contribution in [0, 0.1) is 0 Å². The molecule has 2 N–H and O–H groups in total. The number of likely N-dealkylation sites (tertiary alicyclic amines) is 1. The molecule has 1 aliphatic heterocycles. The van der Waals surface area contributed by atoms with Crippen LogP contribution in [0.15, 0.2) is 36.4 Å². The number of amides is 1. The summed E-state index contributed by atoms with van der Waals surface area (Å²) in [7, 11) is 1.38. The van der Waals surface area contributed by atoms with Crippen molar-refractivity contribution >= 4 is 11.9 Å². The first kappa shape index (κ1) is 24.8. The molecule has 0 unspecified atom stereocenters. The molecule has 1 fully saturated rings. The van der Waals surface area contributed by atoms with Crippen molar-refractivity contribution in [1.82, 2.24) is 4.90 Å². The SMILES string of the molecule is COc1cccc(C(F)(F)[C@@H](O)/C=C/[C@H]2CCCC(=O)N2CCCCCCC(=O)O)c1. The summed E-state index contributed by atoms with van der Waals surface area (Å²) in [5.74, 6) is -4.07. The lowest BCUT2D eigenvalue weighted by Gasteiger charge is -2.34. The third-order valence-electron chi connectivity index (χ3n) is 5.49. The third kappa shape index (κ3) is 7.31. The maximum absolute atomic E-state index is 14.7. The monoisotopic (exact) mass is 439 g/mol. The van der Waals surface area contributed by atoms with Gasteiger partial charge in [-0.05, 0) is 37.8 Å². The van der Waals surface area contributed by atoms with Crippen molar-refractivity contribution in [3.8, 4) is 5.75 Å². The Morgan fingerprint density at radius 3 is 2.77 bits per heavy atom. The predicted octanol–water partition coefficient (Wildman–Crippen LogP) is 4.12. The molecule has 0 saturated carbocycles. The van der Waals surface area contributed by atoms with E-state index in [1.54, 1.807) is 11.0 Å². The van der Waals surface area contributed by atoms with Crippen molar-refractivity contribution in [2.75, 3.05) is 13.7 Å². The van der Waals surface area contributed by atoms with Crippen molar-refractivity contribution in [2.45, 2.75) is 69.4 Å². The van der Waals surface area contributed by atoms with Gasteiger partial charge >= 0.3 is 11.9 Å². The molecule has 1 aromatic rings. The van der Waals surface area contributed by atoms with Gasteiger partial charge in [0.15, 0.2) is 0 Å². The highest BCUT2D eigenvalue weighted by molar-refractivity contribution is 5.77. The zero-order valence-electron chi connectivity index (χ0n) is 17.8. The summed E-state index contributed by atoms with van der Waals surface area (Å²) in [6, 6.07) is 5.08. The zero-order valence-corrected chi connectivity index (χ0v) is 17.8. The van der Waals surface area contributed by atoms with E-state index < -0.39 is 18.0 Å². The largest absolute Gasteiger partial charge is 0.497 e. The van der Waals surface area contributed by atoms with Crippen LogP contribution in [0.3, 0.4) is 0 Å². The number of hydrogen-bond acceptors (Lipinski definition) is 4. The average Bonchev–Trinajstić information content (AvgIpc) is 2.75. The number of aliphatic hydroxyl groups excluding tert-OH is 1. The lowest BCUT2D eigenvalue weighted by molar-refractivity contribution is -0.137. The first-order valence-electron chi connectivity index (χ1n) is 10.7. The van der Waals surface area contributed by atoms with Gasteiger partial charge in [-0.25, -0.2) is 0 Å². The Labute approximate surface area is 181 Å². The third-order valence-corrected chi connectivity index (χ3v) is 5.49. The molecule has 2 atom stereocenters. The molecule has 1 aliphatic rings. The number of aliphatic hydroxyl groups is 1. The molecule has 0 spiro atoms. The van der Waals surface area contributed by atoms with Gasteiger partial charge < -0.3 is 19.8 Å². The summed E-state index contributed by atoms with van der Waals surface area (Å²) in [6.07, 6.45) is 5.29. The standard InChI is InChI=1S/C23H31F2NO5/c1-31-19-10-6-8-17(16-19)23(24,25)20(27)14-13-18-9-7-11-21(28)26(18)15-5-3-2-4-12-22(29)30/h6,8,10,13-14,16,18,20,27H,2-5,7,9,11-12,15H2,1H3,(H,29,30)/b14-13+/t18-,20+/m1/s1. The van der Waals surface area contributed by atoms with Gasteiger partial charge in [-0.15, -0.1) is 0 Å². The molecule has 31 heavy (non-hydrogen) atoms. The smallest absolute Gasteiger partial charge is 0.303 e. The maximum atomic E-state index is 14.7. The second-order valence-corrected chi connectivity index (χ2v) is 7.79. The number of carboxylic acid groups (broad SMARTS) is 1. The second-order valence-electron chi connectivity index (χ2n) is 7.79. The van der Waals surface area contributed by atoms with Gasteiger partial charge in [0.1, 0.15) is 11.9 Å². The summed E-state index contributed by atoms with van der Waals surface area (Å²) < 4.78 is 34.4. The van der Waals surface area contributed by atoms with Gasteiger partial charge in [0, 0.05) is 24.9 Å². The Hall–Kier alpha value is -2.48. The number of carboxylic acids is 1. The molecule has 0 radical (unpaired) electrons. The lowest BCUT2D eigenvalue weighted by Crippen LogP contribution is -2.43. The van der Waals surface area contributed by atoms with Crippen LogP contribution in [0.2, 0.25) is 0 Å². The van der Waals surface area contributed by atoms with E-state index in [0.717, 1.165) is 25.3 Å². The molecular formula is C23H31F2NO5. The van der Waals surface area contributed by atoms with Crippen LogP contribution >= 0.6 is 0 Å². The topological polar surface area (TPSA) is 87.1 Å². The van der Waals surface area contributed by atoms with Crippen molar-refractivity contribution in [1.29, 1.82) is 0 Å². The Morgan fingerprint density at radius 2 is 2.06 bits per heavy atom. The van der Waals surface area contributed by atoms with E-state index in [1.807, 2.05) is 0 Å². The van der Waals surface area contributed by atoms with Crippen LogP contribution in [0.25, 0.3) is 0 Å². The molecule has 1 aromatic carbocycles. The van der Waals surface area contributed by atoms with Gasteiger partial charge in [-0.1, -0.05) is 37.1 Å². The van der Waals surface area contributed by atoms with Gasteiger partial charge in [0.2, 0.25) is 5.91 Å². The second kappa shape index (κ2) is 11.8. The molecule has 1 heterocycles. The average molecular weight is 439 g/mol. The number of alkyl halides is 2. The van der Waals surface area contributed by atoms with Gasteiger partial charge in [-0.3, -0.25) is 9.59 Å². The number of carbonyl (C=O) groups excluding carboxylic acids is 1. The summed E-state index contributed by atoms with van der Waals surface area (Å²) in [5, 5.41) is 18.8. The summed E-state index contributed by atoms with van der Waals surface area (Å²) in [4.78, 5) is 24.6. The number of unbranched alkanes of at least 4 members (excludes halogenated alkanes) is 3. The van der Waals surface area contributed by atoms with Crippen LogP contribution in [-0.4, -0.2) is 52.8 Å². The molecule has 0 aliphatic carbocycles. The number of hydrogen-bond donors (Lipinski definition) is 2. The van der Waals surface area contributed by atoms with Crippen LogP contribution in [0.4, 0.5) is 8.78 Å². The number of nitrogens with zero attached hydrogens (tertiary/aromatic N) is 1. The van der Waals surface area contributed by atoms with Crippen molar-refractivity contribution in [3.63, 3.8) is 0 Å². The molecule has 172 valence electrons. The number of halogens is 2. The van der Waals surface area contributed by atoms with Crippen molar-refractivity contribution < 1.29 is 33.3 Å². The number of ether oxygens (including phenoxy) is 1. The molecule has 0 bridgehead atoms. The minimum absolute atomic E-state index is 0.0273. The molecule has 8 heteroatoms. The van der Waals surface area contributed by atoms with E-state index >= 15 is 0 Å². The molecule has 6 nitrogen and oxygen atoms in total. The van der Waals surface area contributed by atoms with Gasteiger partial charge in [0.05, 0.1) is 13.2 Å². The van der Waals surface area contributed by atoms with Crippen LogP contribution < -0.4 is 4.74 Å². The van der Waals surface area contributed by atoms with Gasteiger partial charge in [0.25, 0.3) is 0 Å². The molecule has 1 saturated heterocycles. The number of benzene rings is 1. The quantitative estimate of drug-likeness (QED) is 0.378. The molecule has 0 aromatic heterocycles. The molecular weight excluding hydrogens is 408 g/mol. The number of aliphatic carboxylic acids is 1. The van der Waals surface area contributed by atoms with E-state index in [1.165, 1.54) is 31.4 Å². The Balaban J connectivity index is 1.96. The highest BCUT2D eigenvalue weighted by atomic mass is 19.3. The van der Waals surface area contributed by atoms with Crippen molar-refractivity contribution in [2.24, 2.45) is 0 Å². The van der Waals surface area contributed by atoms with E-state index in [-0.39, 0.29) is 29.7 Å². The van der Waals surface area contributed by atoms with Crippen LogP contribution in [0.1, 0.15) is 56.9 Å².